The first-order valence-electron chi connectivity index (χ1n) is 8.43. The third-order valence-electron chi connectivity index (χ3n) is 4.98. The van der Waals surface area contributed by atoms with E-state index in [-0.39, 0.29) is 5.91 Å². The van der Waals surface area contributed by atoms with Crippen molar-refractivity contribution in [3.05, 3.63) is 12.3 Å². The first-order chi connectivity index (χ1) is 11.3. The Kier molecular flexibility index (Phi) is 3.65. The lowest BCUT2D eigenvalue weighted by atomic mass is 9.95. The summed E-state index contributed by atoms with van der Waals surface area (Å²) in [6.07, 6.45) is 9.06. The highest BCUT2D eigenvalue weighted by Gasteiger charge is 2.29. The van der Waals surface area contributed by atoms with Crippen LogP contribution in [0.25, 0.3) is 10.9 Å². The van der Waals surface area contributed by atoms with Crippen molar-refractivity contribution in [3.8, 4) is 0 Å². The quantitative estimate of drug-likeness (QED) is 0.668. The van der Waals surface area contributed by atoms with Gasteiger partial charge in [0.1, 0.15) is 0 Å². The number of rotatable bonds is 3. The molecule has 2 aromatic rings. The van der Waals surface area contributed by atoms with Gasteiger partial charge in [-0.2, -0.15) is 5.10 Å². The summed E-state index contributed by atoms with van der Waals surface area (Å²) in [6.45, 7) is 0.709. The number of anilines is 2. The number of amides is 1. The summed E-state index contributed by atoms with van der Waals surface area (Å²) in [4.78, 5) is 18.4. The highest BCUT2D eigenvalue weighted by Crippen LogP contribution is 2.35. The molecule has 0 spiro atoms. The first-order valence-corrected chi connectivity index (χ1v) is 8.43. The number of nitrogens with one attached hydrogen (secondary N) is 1. The molecule has 122 valence electrons. The molecule has 3 N–H and O–H groups in total. The lowest BCUT2D eigenvalue weighted by molar-refractivity contribution is -0.117. The second-order valence-electron chi connectivity index (χ2n) is 6.45. The van der Waals surface area contributed by atoms with Gasteiger partial charge in [0.25, 0.3) is 0 Å². The van der Waals surface area contributed by atoms with E-state index >= 15 is 0 Å². The highest BCUT2D eigenvalue weighted by atomic mass is 16.2. The summed E-state index contributed by atoms with van der Waals surface area (Å²) in [6, 6.07) is 2.18. The molecule has 2 fully saturated rings. The fourth-order valence-corrected chi connectivity index (χ4v) is 3.73. The average Bonchev–Trinajstić information content (AvgIpc) is 3.20. The number of aromatic amines is 1. The summed E-state index contributed by atoms with van der Waals surface area (Å²) >= 11 is 0. The molecule has 3 heterocycles. The molecule has 23 heavy (non-hydrogen) atoms. The van der Waals surface area contributed by atoms with Gasteiger partial charge in [-0.3, -0.25) is 19.8 Å². The van der Waals surface area contributed by atoms with E-state index in [1.165, 1.54) is 19.3 Å². The van der Waals surface area contributed by atoms with Gasteiger partial charge in [0.15, 0.2) is 11.6 Å². The molecule has 1 aliphatic heterocycles. The van der Waals surface area contributed by atoms with Crippen molar-refractivity contribution in [2.24, 2.45) is 5.84 Å². The molecule has 1 saturated heterocycles. The Morgan fingerprint density at radius 1 is 1.26 bits per heavy atom. The largest absolute Gasteiger partial charge is 0.295 e. The number of carbonyl (C=O) groups excluding carboxylic acids is 1. The van der Waals surface area contributed by atoms with Crippen molar-refractivity contribution in [2.45, 2.75) is 51.0 Å². The Morgan fingerprint density at radius 3 is 2.83 bits per heavy atom. The van der Waals surface area contributed by atoms with Crippen molar-refractivity contribution >= 4 is 28.4 Å². The lowest BCUT2D eigenvalue weighted by Crippen LogP contribution is -2.43. The van der Waals surface area contributed by atoms with Crippen LogP contribution in [0.2, 0.25) is 0 Å². The molecule has 2 aromatic heterocycles. The number of fused-ring (bicyclic) bond motifs is 1. The maximum Gasteiger partial charge on any atom is 0.228 e. The zero-order valence-corrected chi connectivity index (χ0v) is 13.2. The predicted molar refractivity (Wildman–Crippen MR) is 89.0 cm³/mol. The van der Waals surface area contributed by atoms with Gasteiger partial charge in [0.2, 0.25) is 5.91 Å². The molecule has 4 rings (SSSR count). The molecule has 1 amide bonds. The minimum atomic E-state index is 0.120. The van der Waals surface area contributed by atoms with Crippen LogP contribution in [-0.2, 0) is 4.79 Å². The van der Waals surface area contributed by atoms with Crippen molar-refractivity contribution in [1.82, 2.24) is 15.2 Å². The molecule has 2 aliphatic rings. The lowest BCUT2D eigenvalue weighted by Gasteiger charge is -2.31. The molecule has 0 radical (unpaired) electrons. The minimum absolute atomic E-state index is 0.120. The number of hydrazine groups is 1. The number of aromatic nitrogens is 3. The van der Waals surface area contributed by atoms with Crippen molar-refractivity contribution in [1.29, 1.82) is 0 Å². The number of nitrogens with zero attached hydrogens (tertiary/aromatic N) is 4. The molecule has 1 aliphatic carbocycles. The van der Waals surface area contributed by atoms with Crippen LogP contribution in [0.5, 0.6) is 0 Å². The van der Waals surface area contributed by atoms with Gasteiger partial charge in [-0.25, -0.2) is 10.8 Å². The van der Waals surface area contributed by atoms with Crippen molar-refractivity contribution in [2.75, 3.05) is 16.5 Å². The van der Waals surface area contributed by atoms with E-state index < -0.39 is 0 Å². The first kappa shape index (κ1) is 14.4. The van der Waals surface area contributed by atoms with Gasteiger partial charge in [0.05, 0.1) is 10.9 Å². The fraction of sp³-hybridized carbons (Fsp3) is 0.562. The summed E-state index contributed by atoms with van der Waals surface area (Å²) < 4.78 is 0. The Labute approximate surface area is 134 Å². The number of pyridine rings is 1. The molecule has 1 saturated carbocycles. The van der Waals surface area contributed by atoms with E-state index in [1.54, 1.807) is 16.1 Å². The van der Waals surface area contributed by atoms with Gasteiger partial charge in [-0.15, -0.1) is 0 Å². The van der Waals surface area contributed by atoms with E-state index in [2.05, 4.69) is 15.2 Å². The van der Waals surface area contributed by atoms with Gasteiger partial charge >= 0.3 is 0 Å². The van der Waals surface area contributed by atoms with Gasteiger partial charge in [0, 0.05) is 25.2 Å². The Bertz CT molecular complexity index is 720. The van der Waals surface area contributed by atoms with Crippen LogP contribution in [0.3, 0.4) is 0 Å². The Balaban J connectivity index is 1.76. The number of hydrogen-bond acceptors (Lipinski definition) is 5. The molecule has 0 atom stereocenters. The number of carbonyl (C=O) groups is 1. The standard InChI is InChI=1S/C16H22N6O/c17-22(11-5-2-1-3-6-11)15-14-12(8-9-18-15)19-20-16(14)21-10-4-7-13(21)23/h8-9,11H,1-7,10,17H2,(H,19,20). The normalized spacial score (nSPS) is 19.7. The fourth-order valence-electron chi connectivity index (χ4n) is 3.73. The van der Waals surface area contributed by atoms with Crippen LogP contribution in [0.4, 0.5) is 11.6 Å². The Hall–Kier alpha value is -2.15. The molecular weight excluding hydrogens is 292 g/mol. The van der Waals surface area contributed by atoms with Crippen LogP contribution < -0.4 is 15.8 Å². The van der Waals surface area contributed by atoms with E-state index in [9.17, 15) is 4.79 Å². The maximum atomic E-state index is 12.1. The summed E-state index contributed by atoms with van der Waals surface area (Å²) in [5, 5.41) is 10.0. The zero-order valence-electron chi connectivity index (χ0n) is 13.2. The van der Waals surface area contributed by atoms with E-state index in [4.69, 9.17) is 5.84 Å². The van der Waals surface area contributed by atoms with Gasteiger partial charge in [-0.1, -0.05) is 19.3 Å². The van der Waals surface area contributed by atoms with Crippen LogP contribution in [0, 0.1) is 0 Å². The SMILES string of the molecule is NN(c1nccc2[nH]nc(N3CCCC3=O)c12)C1CCCCC1. The molecule has 7 heteroatoms. The van der Waals surface area contributed by atoms with Gasteiger partial charge < -0.3 is 0 Å². The molecule has 0 aromatic carbocycles. The number of hydrogen-bond donors (Lipinski definition) is 2. The summed E-state index contributed by atoms with van der Waals surface area (Å²) in [7, 11) is 0. The van der Waals surface area contributed by atoms with E-state index in [0.717, 1.165) is 36.0 Å². The average molecular weight is 314 g/mol. The molecular formula is C16H22N6O. The zero-order chi connectivity index (χ0) is 15.8. The van der Waals surface area contributed by atoms with Crippen LogP contribution >= 0.6 is 0 Å². The summed E-state index contributed by atoms with van der Waals surface area (Å²) in [5.74, 6) is 7.93. The topological polar surface area (TPSA) is 91.1 Å². The van der Waals surface area contributed by atoms with Crippen molar-refractivity contribution < 1.29 is 4.79 Å². The minimum Gasteiger partial charge on any atom is -0.295 e. The summed E-state index contributed by atoms with van der Waals surface area (Å²) in [5.41, 5.74) is 0.871. The smallest absolute Gasteiger partial charge is 0.228 e. The van der Waals surface area contributed by atoms with E-state index in [0.29, 0.717) is 24.8 Å². The van der Waals surface area contributed by atoms with Crippen LogP contribution in [-0.4, -0.2) is 33.7 Å². The number of H-pyrrole nitrogens is 1. The molecule has 0 bridgehead atoms. The van der Waals surface area contributed by atoms with Gasteiger partial charge in [-0.05, 0) is 25.3 Å². The van der Waals surface area contributed by atoms with E-state index in [1.807, 2.05) is 6.07 Å². The number of nitrogens with two attached hydrogens (primary N) is 1. The second-order valence-corrected chi connectivity index (χ2v) is 6.45. The second kappa shape index (κ2) is 5.81. The third-order valence-corrected chi connectivity index (χ3v) is 4.98. The predicted octanol–water partition coefficient (Wildman–Crippen LogP) is 2.10. The maximum absolute atomic E-state index is 12.1. The monoisotopic (exact) mass is 314 g/mol. The molecule has 0 unspecified atom stereocenters. The molecule has 7 nitrogen and oxygen atoms in total. The Morgan fingerprint density at radius 2 is 2.09 bits per heavy atom. The van der Waals surface area contributed by atoms with Crippen LogP contribution in [0.15, 0.2) is 12.3 Å². The third kappa shape index (κ3) is 2.45. The van der Waals surface area contributed by atoms with Crippen molar-refractivity contribution in [3.63, 3.8) is 0 Å². The van der Waals surface area contributed by atoms with Crippen LogP contribution in [0.1, 0.15) is 44.9 Å². The highest BCUT2D eigenvalue weighted by molar-refractivity contribution is 6.06.